The van der Waals surface area contributed by atoms with Crippen LogP contribution in [0.1, 0.15) is 34.6 Å². The number of hydrogen-bond acceptors (Lipinski definition) is 4. The highest BCUT2D eigenvalue weighted by atomic mass is 32.2. The van der Waals surface area contributed by atoms with E-state index < -0.39 is 16.0 Å². The van der Waals surface area contributed by atoms with Crippen LogP contribution in [0.2, 0.25) is 0 Å². The molecule has 1 aromatic heterocycles. The molecule has 2 rings (SSSR count). The van der Waals surface area contributed by atoms with Gasteiger partial charge in [-0.05, 0) is 39.8 Å². The zero-order chi connectivity index (χ0) is 14.9. The summed E-state index contributed by atoms with van der Waals surface area (Å²) in [5.74, 6) is -1.16. The quantitative estimate of drug-likeness (QED) is 0.641. The molecule has 1 aromatic rings. The average Bonchev–Trinajstić information content (AvgIpc) is 2.66. The van der Waals surface area contributed by atoms with Gasteiger partial charge in [0.2, 0.25) is 10.0 Å². The normalized spacial score (nSPS) is 17.3. The lowest BCUT2D eigenvalue weighted by atomic mass is 10.1. The van der Waals surface area contributed by atoms with Gasteiger partial charge in [0.1, 0.15) is 10.6 Å². The van der Waals surface area contributed by atoms with Crippen LogP contribution in [0.25, 0.3) is 0 Å². The summed E-state index contributed by atoms with van der Waals surface area (Å²) in [5.41, 5.74) is 0.519. The van der Waals surface area contributed by atoms with Gasteiger partial charge in [0.15, 0.2) is 0 Å². The lowest BCUT2D eigenvalue weighted by Crippen LogP contribution is -2.42. The fourth-order valence-corrected chi connectivity index (χ4v) is 4.32. The van der Waals surface area contributed by atoms with Crippen molar-refractivity contribution < 1.29 is 18.3 Å². The topological polar surface area (TPSA) is 111 Å². The first-order valence-electron chi connectivity index (χ1n) is 6.48. The van der Waals surface area contributed by atoms with Gasteiger partial charge in [-0.2, -0.15) is 0 Å². The number of H-pyrrole nitrogens is 1. The molecule has 0 bridgehead atoms. The van der Waals surface area contributed by atoms with E-state index >= 15 is 0 Å². The molecule has 7 nitrogen and oxygen atoms in total. The Kier molecular flexibility index (Phi) is 4.17. The largest absolute Gasteiger partial charge is 0.477 e. The predicted octanol–water partition coefficient (Wildman–Crippen LogP) is 0.360. The Balaban J connectivity index is 2.31. The number of aromatic nitrogens is 1. The second-order valence-corrected chi connectivity index (χ2v) is 6.68. The van der Waals surface area contributed by atoms with Crippen LogP contribution in [0.3, 0.4) is 0 Å². The number of carboxylic acids is 1. The third-order valence-electron chi connectivity index (χ3n) is 3.51. The monoisotopic (exact) mass is 301 g/mol. The number of hydrogen-bond donors (Lipinski definition) is 4. The number of aromatic amines is 1. The van der Waals surface area contributed by atoms with Gasteiger partial charge in [0.05, 0.1) is 0 Å². The van der Waals surface area contributed by atoms with Crippen molar-refractivity contribution >= 4 is 16.0 Å². The van der Waals surface area contributed by atoms with E-state index in [1.54, 1.807) is 6.92 Å². The fraction of sp³-hybridized carbons (Fsp3) is 0.583. The van der Waals surface area contributed by atoms with Gasteiger partial charge >= 0.3 is 5.97 Å². The predicted molar refractivity (Wildman–Crippen MR) is 73.4 cm³/mol. The van der Waals surface area contributed by atoms with E-state index in [0.29, 0.717) is 5.69 Å². The molecule has 4 N–H and O–H groups in total. The van der Waals surface area contributed by atoms with Gasteiger partial charge in [0.25, 0.3) is 0 Å². The molecule has 1 saturated heterocycles. The molecule has 1 aliphatic heterocycles. The van der Waals surface area contributed by atoms with E-state index in [9.17, 15) is 13.2 Å². The van der Waals surface area contributed by atoms with Gasteiger partial charge in [-0.3, -0.25) is 0 Å². The van der Waals surface area contributed by atoms with Gasteiger partial charge in [-0.1, -0.05) is 0 Å². The first kappa shape index (κ1) is 15.0. The molecular formula is C12H19N3O4S. The SMILES string of the molecule is Cc1[nH]c(C(=O)O)c(C)c1S(=O)(=O)NC1CCNCC1. The Hall–Kier alpha value is -1.38. The van der Waals surface area contributed by atoms with Crippen molar-refractivity contribution in [3.63, 3.8) is 0 Å². The third-order valence-corrected chi connectivity index (χ3v) is 5.31. The van der Waals surface area contributed by atoms with Crippen molar-refractivity contribution in [3.05, 3.63) is 17.0 Å². The van der Waals surface area contributed by atoms with Gasteiger partial charge in [0, 0.05) is 17.3 Å². The molecule has 0 atom stereocenters. The highest BCUT2D eigenvalue weighted by Crippen LogP contribution is 2.23. The minimum absolute atomic E-state index is 0.0495. The number of piperidine rings is 1. The van der Waals surface area contributed by atoms with Crippen molar-refractivity contribution in [1.29, 1.82) is 0 Å². The summed E-state index contributed by atoms with van der Waals surface area (Å²) in [6.07, 6.45) is 1.46. The van der Waals surface area contributed by atoms with Crippen LogP contribution >= 0.6 is 0 Å². The molecule has 1 aliphatic rings. The molecular weight excluding hydrogens is 282 g/mol. The second kappa shape index (κ2) is 5.55. The Bertz CT molecular complexity index is 615. The Labute approximate surface area is 117 Å². The smallest absolute Gasteiger partial charge is 0.352 e. The molecule has 0 amide bonds. The molecule has 2 heterocycles. The lowest BCUT2D eigenvalue weighted by Gasteiger charge is -2.23. The molecule has 0 saturated carbocycles. The van der Waals surface area contributed by atoms with Gasteiger partial charge in [-0.25, -0.2) is 17.9 Å². The summed E-state index contributed by atoms with van der Waals surface area (Å²) in [7, 11) is -3.71. The van der Waals surface area contributed by atoms with Crippen molar-refractivity contribution in [2.75, 3.05) is 13.1 Å². The van der Waals surface area contributed by atoms with E-state index in [-0.39, 0.29) is 22.2 Å². The Morgan fingerprint density at radius 1 is 1.30 bits per heavy atom. The summed E-state index contributed by atoms with van der Waals surface area (Å²) in [4.78, 5) is 13.7. The fourth-order valence-electron chi connectivity index (χ4n) is 2.57. The summed E-state index contributed by atoms with van der Waals surface area (Å²) in [5, 5.41) is 12.2. The molecule has 0 radical (unpaired) electrons. The molecule has 0 aliphatic carbocycles. The summed E-state index contributed by atoms with van der Waals surface area (Å²) in [6.45, 7) is 4.62. The molecule has 0 unspecified atom stereocenters. The van der Waals surface area contributed by atoms with E-state index in [4.69, 9.17) is 5.11 Å². The second-order valence-electron chi connectivity index (χ2n) is 5.03. The average molecular weight is 301 g/mol. The lowest BCUT2D eigenvalue weighted by molar-refractivity contribution is 0.0690. The van der Waals surface area contributed by atoms with Crippen LogP contribution < -0.4 is 10.0 Å². The first-order valence-corrected chi connectivity index (χ1v) is 7.96. The highest BCUT2D eigenvalue weighted by Gasteiger charge is 2.28. The summed E-state index contributed by atoms with van der Waals surface area (Å²) in [6, 6.07) is -0.108. The van der Waals surface area contributed by atoms with Gasteiger partial charge < -0.3 is 15.4 Å². The standard InChI is InChI=1S/C12H19N3O4S/c1-7-10(12(16)17)14-8(2)11(7)20(18,19)15-9-3-5-13-6-4-9/h9,13-15H,3-6H2,1-2H3,(H,16,17). The zero-order valence-corrected chi connectivity index (χ0v) is 12.3. The molecule has 20 heavy (non-hydrogen) atoms. The Morgan fingerprint density at radius 2 is 1.90 bits per heavy atom. The van der Waals surface area contributed by atoms with Crippen LogP contribution in [-0.2, 0) is 10.0 Å². The number of aryl methyl sites for hydroxylation is 1. The summed E-state index contributed by atoms with van der Waals surface area (Å²) >= 11 is 0. The van der Waals surface area contributed by atoms with Crippen molar-refractivity contribution in [1.82, 2.24) is 15.0 Å². The number of rotatable bonds is 4. The molecule has 0 spiro atoms. The molecule has 0 aromatic carbocycles. The third kappa shape index (κ3) is 2.87. The summed E-state index contributed by atoms with van der Waals surface area (Å²) < 4.78 is 27.5. The van der Waals surface area contributed by atoms with Crippen LogP contribution in [0.15, 0.2) is 4.90 Å². The zero-order valence-electron chi connectivity index (χ0n) is 11.5. The maximum Gasteiger partial charge on any atom is 0.352 e. The van der Waals surface area contributed by atoms with Crippen molar-refractivity contribution in [2.45, 2.75) is 37.6 Å². The minimum Gasteiger partial charge on any atom is -0.477 e. The minimum atomic E-state index is -3.71. The maximum absolute atomic E-state index is 12.4. The first-order chi connectivity index (χ1) is 9.33. The van der Waals surface area contributed by atoms with E-state index in [1.165, 1.54) is 6.92 Å². The molecule has 8 heteroatoms. The Morgan fingerprint density at radius 3 is 2.40 bits per heavy atom. The van der Waals surface area contributed by atoms with E-state index in [2.05, 4.69) is 15.0 Å². The van der Waals surface area contributed by atoms with Crippen molar-refractivity contribution in [3.8, 4) is 0 Å². The van der Waals surface area contributed by atoms with E-state index in [0.717, 1.165) is 25.9 Å². The highest BCUT2D eigenvalue weighted by molar-refractivity contribution is 7.89. The van der Waals surface area contributed by atoms with Crippen LogP contribution in [0.4, 0.5) is 0 Å². The van der Waals surface area contributed by atoms with Crippen LogP contribution in [0, 0.1) is 13.8 Å². The van der Waals surface area contributed by atoms with Gasteiger partial charge in [-0.15, -0.1) is 0 Å². The van der Waals surface area contributed by atoms with Crippen LogP contribution in [-0.4, -0.2) is 43.6 Å². The maximum atomic E-state index is 12.4. The number of aromatic carboxylic acids is 1. The van der Waals surface area contributed by atoms with Crippen LogP contribution in [0.5, 0.6) is 0 Å². The number of carbonyl (C=O) groups is 1. The molecule has 1 fully saturated rings. The van der Waals surface area contributed by atoms with E-state index in [1.807, 2.05) is 0 Å². The number of nitrogens with one attached hydrogen (secondary N) is 3. The molecule has 112 valence electrons. The number of sulfonamides is 1. The number of carboxylic acid groups (broad SMARTS) is 1. The van der Waals surface area contributed by atoms with Crippen molar-refractivity contribution in [2.24, 2.45) is 0 Å².